The number of likely N-dealkylation sites (tertiary alicyclic amines) is 1. The van der Waals surface area contributed by atoms with Crippen LogP contribution < -0.4 is 5.32 Å². The van der Waals surface area contributed by atoms with Crippen molar-refractivity contribution in [3.05, 3.63) is 106 Å². The molecule has 1 saturated heterocycles. The van der Waals surface area contributed by atoms with Crippen molar-refractivity contribution in [2.75, 3.05) is 6.54 Å². The first-order valence-corrected chi connectivity index (χ1v) is 10.4. The molecule has 1 N–H and O–H groups in total. The number of carbonyl (C=O) groups is 2. The average Bonchev–Trinajstić information content (AvgIpc) is 2.76. The molecule has 0 radical (unpaired) electrons. The Kier molecular flexibility index (Phi) is 6.07. The summed E-state index contributed by atoms with van der Waals surface area (Å²) in [6.45, 7) is 0.511. The Bertz CT molecular complexity index is 1020. The zero-order valence-electron chi connectivity index (χ0n) is 16.1. The Hall–Kier alpha value is -2.82. The van der Waals surface area contributed by atoms with E-state index in [4.69, 9.17) is 23.2 Å². The maximum absolute atomic E-state index is 13.5. The van der Waals surface area contributed by atoms with E-state index in [1.165, 1.54) is 0 Å². The predicted octanol–water partition coefficient (Wildman–Crippen LogP) is 5.17. The van der Waals surface area contributed by atoms with Crippen LogP contribution in [0.4, 0.5) is 0 Å². The van der Waals surface area contributed by atoms with Gasteiger partial charge in [0.05, 0.1) is 6.04 Å². The molecule has 30 heavy (non-hydrogen) atoms. The lowest BCUT2D eigenvalue weighted by molar-refractivity contribution is -0.149. The van der Waals surface area contributed by atoms with Gasteiger partial charge in [-0.2, -0.15) is 0 Å². The Morgan fingerprint density at radius 3 is 1.97 bits per heavy atom. The van der Waals surface area contributed by atoms with E-state index in [9.17, 15) is 9.59 Å². The summed E-state index contributed by atoms with van der Waals surface area (Å²) in [6.07, 6.45) is 0.426. The van der Waals surface area contributed by atoms with E-state index in [0.29, 0.717) is 28.6 Å². The van der Waals surface area contributed by atoms with Gasteiger partial charge in [-0.25, -0.2) is 0 Å². The number of halogens is 2. The summed E-state index contributed by atoms with van der Waals surface area (Å²) in [5.74, 6) is -0.359. The largest absolute Gasteiger partial charge is 0.343 e. The summed E-state index contributed by atoms with van der Waals surface area (Å²) in [5.41, 5.74) is 2.47. The summed E-state index contributed by atoms with van der Waals surface area (Å²) in [5, 5.41) is 3.97. The van der Waals surface area contributed by atoms with Gasteiger partial charge in [-0.15, -0.1) is 0 Å². The molecule has 4 nitrogen and oxygen atoms in total. The Morgan fingerprint density at radius 1 is 0.900 bits per heavy atom. The van der Waals surface area contributed by atoms with Gasteiger partial charge in [0.2, 0.25) is 11.8 Å². The minimum Gasteiger partial charge on any atom is -0.343 e. The van der Waals surface area contributed by atoms with E-state index in [-0.39, 0.29) is 17.9 Å². The standard InChI is InChI=1S/C24H20Cl2N2O2/c25-18-11-12-19(20(26)15-18)23(28-14-13-21(28)29)24(30)27-22(16-7-3-1-4-8-16)17-9-5-2-6-10-17/h1-12,15,22-23H,13-14H2,(H,27,30). The molecule has 3 aromatic rings. The quantitative estimate of drug-likeness (QED) is 0.539. The van der Waals surface area contributed by atoms with E-state index in [0.717, 1.165) is 11.1 Å². The van der Waals surface area contributed by atoms with Crippen LogP contribution >= 0.6 is 23.2 Å². The number of hydrogen-bond donors (Lipinski definition) is 1. The lowest BCUT2D eigenvalue weighted by Gasteiger charge is -2.38. The molecule has 2 amide bonds. The van der Waals surface area contributed by atoms with Crippen LogP contribution in [-0.2, 0) is 9.59 Å². The van der Waals surface area contributed by atoms with Crippen molar-refractivity contribution >= 4 is 35.0 Å². The molecule has 0 aliphatic carbocycles. The van der Waals surface area contributed by atoms with Crippen molar-refractivity contribution < 1.29 is 9.59 Å². The van der Waals surface area contributed by atoms with Crippen LogP contribution in [0.5, 0.6) is 0 Å². The van der Waals surface area contributed by atoms with Gasteiger partial charge in [0.25, 0.3) is 0 Å². The average molecular weight is 439 g/mol. The molecule has 0 saturated carbocycles. The maximum atomic E-state index is 13.5. The Balaban J connectivity index is 1.70. The minimum absolute atomic E-state index is 0.0721. The molecule has 1 unspecified atom stereocenters. The molecule has 6 heteroatoms. The maximum Gasteiger partial charge on any atom is 0.248 e. The molecule has 3 aromatic carbocycles. The smallest absolute Gasteiger partial charge is 0.248 e. The fourth-order valence-electron chi connectivity index (χ4n) is 3.65. The molecular formula is C24H20Cl2N2O2. The first kappa shape index (κ1) is 20.5. The molecule has 4 rings (SSSR count). The minimum atomic E-state index is -0.814. The van der Waals surface area contributed by atoms with Crippen LogP contribution in [0.1, 0.15) is 35.2 Å². The molecular weight excluding hydrogens is 419 g/mol. The number of β-lactam (4-membered cyclic amide) rings is 1. The van der Waals surface area contributed by atoms with Gasteiger partial charge in [-0.1, -0.05) is 89.9 Å². The van der Waals surface area contributed by atoms with Gasteiger partial charge in [-0.05, 0) is 23.3 Å². The van der Waals surface area contributed by atoms with Crippen LogP contribution in [0.3, 0.4) is 0 Å². The van der Waals surface area contributed by atoms with Crippen molar-refractivity contribution in [2.45, 2.75) is 18.5 Å². The zero-order chi connectivity index (χ0) is 21.1. The third kappa shape index (κ3) is 4.20. The van der Waals surface area contributed by atoms with Crippen LogP contribution in [0.15, 0.2) is 78.9 Å². The lowest BCUT2D eigenvalue weighted by atomic mass is 9.96. The SMILES string of the molecule is O=C(NC(c1ccccc1)c1ccccc1)C(c1ccc(Cl)cc1Cl)N1CCC1=O. The summed E-state index contributed by atoms with van der Waals surface area (Å²) in [6, 6.07) is 23.3. The third-order valence-electron chi connectivity index (χ3n) is 5.26. The molecule has 0 aromatic heterocycles. The first-order valence-electron chi connectivity index (χ1n) is 9.69. The lowest BCUT2D eigenvalue weighted by Crippen LogP contribution is -2.51. The van der Waals surface area contributed by atoms with E-state index < -0.39 is 6.04 Å². The second-order valence-corrected chi connectivity index (χ2v) is 8.01. The molecule has 1 heterocycles. The summed E-state index contributed by atoms with van der Waals surface area (Å²) in [4.78, 5) is 27.3. The highest BCUT2D eigenvalue weighted by Crippen LogP contribution is 2.34. The Labute approximate surface area is 185 Å². The highest BCUT2D eigenvalue weighted by Gasteiger charge is 2.38. The van der Waals surface area contributed by atoms with Crippen molar-refractivity contribution in [2.24, 2.45) is 0 Å². The zero-order valence-corrected chi connectivity index (χ0v) is 17.6. The highest BCUT2D eigenvalue weighted by atomic mass is 35.5. The molecule has 1 aliphatic rings. The fraction of sp³-hybridized carbons (Fsp3) is 0.167. The van der Waals surface area contributed by atoms with Crippen molar-refractivity contribution in [1.82, 2.24) is 10.2 Å². The fourth-order valence-corrected chi connectivity index (χ4v) is 4.16. The van der Waals surface area contributed by atoms with E-state index in [1.807, 2.05) is 60.7 Å². The van der Waals surface area contributed by atoms with Crippen molar-refractivity contribution in [3.63, 3.8) is 0 Å². The van der Waals surface area contributed by atoms with Crippen molar-refractivity contribution in [1.29, 1.82) is 0 Å². The number of nitrogens with zero attached hydrogens (tertiary/aromatic N) is 1. The van der Waals surface area contributed by atoms with Crippen LogP contribution in [0.2, 0.25) is 10.0 Å². The number of carbonyl (C=O) groups excluding carboxylic acids is 2. The number of hydrogen-bond acceptors (Lipinski definition) is 2. The third-order valence-corrected chi connectivity index (χ3v) is 5.82. The summed E-state index contributed by atoms with van der Waals surface area (Å²) in [7, 11) is 0. The van der Waals surface area contributed by atoms with Gasteiger partial charge < -0.3 is 10.2 Å². The predicted molar refractivity (Wildman–Crippen MR) is 118 cm³/mol. The van der Waals surface area contributed by atoms with Crippen LogP contribution in [-0.4, -0.2) is 23.3 Å². The number of benzene rings is 3. The highest BCUT2D eigenvalue weighted by molar-refractivity contribution is 6.35. The second-order valence-electron chi connectivity index (χ2n) is 7.17. The molecule has 1 atom stereocenters. The first-order chi connectivity index (χ1) is 14.5. The van der Waals surface area contributed by atoms with E-state index >= 15 is 0 Å². The Morgan fingerprint density at radius 2 is 1.50 bits per heavy atom. The second kappa shape index (κ2) is 8.90. The van der Waals surface area contributed by atoms with Crippen LogP contribution in [0, 0.1) is 0 Å². The molecule has 1 aliphatic heterocycles. The molecule has 1 fully saturated rings. The summed E-state index contributed by atoms with van der Waals surface area (Å²) < 4.78 is 0. The van der Waals surface area contributed by atoms with Gasteiger partial charge in [0.1, 0.15) is 6.04 Å². The monoisotopic (exact) mass is 438 g/mol. The van der Waals surface area contributed by atoms with Gasteiger partial charge >= 0.3 is 0 Å². The number of nitrogens with one attached hydrogen (secondary N) is 1. The van der Waals surface area contributed by atoms with Gasteiger partial charge in [0, 0.05) is 28.6 Å². The topological polar surface area (TPSA) is 49.4 Å². The van der Waals surface area contributed by atoms with Gasteiger partial charge in [0.15, 0.2) is 0 Å². The van der Waals surface area contributed by atoms with Crippen LogP contribution in [0.25, 0.3) is 0 Å². The number of rotatable bonds is 6. The van der Waals surface area contributed by atoms with Crippen molar-refractivity contribution in [3.8, 4) is 0 Å². The summed E-state index contributed by atoms with van der Waals surface area (Å²) >= 11 is 12.4. The van der Waals surface area contributed by atoms with E-state index in [2.05, 4.69) is 5.32 Å². The van der Waals surface area contributed by atoms with E-state index in [1.54, 1.807) is 23.1 Å². The molecule has 152 valence electrons. The molecule has 0 spiro atoms. The number of amides is 2. The normalized spacial score (nSPS) is 14.4. The molecule has 0 bridgehead atoms. The van der Waals surface area contributed by atoms with Gasteiger partial charge in [-0.3, -0.25) is 9.59 Å².